The van der Waals surface area contributed by atoms with E-state index >= 15 is 0 Å². The fraction of sp³-hybridized carbons (Fsp3) is 0.167. The van der Waals surface area contributed by atoms with Gasteiger partial charge in [-0.25, -0.2) is 0 Å². The quantitative estimate of drug-likeness (QED) is 0.547. The Kier molecular flexibility index (Phi) is 2.08. The van der Waals surface area contributed by atoms with Crippen LogP contribution in [0.25, 0.3) is 0 Å². The number of rotatable bonds is 1. The number of allylic oxidation sites excluding steroid dienone is 10. The van der Waals surface area contributed by atoms with Crippen LogP contribution in [0.2, 0.25) is 0 Å². The van der Waals surface area contributed by atoms with Gasteiger partial charge in [-0.2, -0.15) is 0 Å². The maximum Gasteiger partial charge on any atom is 0.0169 e. The van der Waals surface area contributed by atoms with E-state index in [2.05, 4.69) is 54.7 Å². The second-order valence-corrected chi connectivity index (χ2v) is 3.05. The van der Waals surface area contributed by atoms with Crippen LogP contribution in [0.4, 0.5) is 0 Å². The molecule has 0 nitrogen and oxygen atoms in total. The van der Waals surface area contributed by atoms with Crippen molar-refractivity contribution in [3.05, 3.63) is 60.3 Å². The highest BCUT2D eigenvalue weighted by atomic mass is 14.1. The average Bonchev–Trinajstić information content (AvgIpc) is 2.48. The van der Waals surface area contributed by atoms with E-state index in [9.17, 15) is 0 Å². The summed E-state index contributed by atoms with van der Waals surface area (Å²) in [5.41, 5.74) is 1.48. The summed E-state index contributed by atoms with van der Waals surface area (Å²) in [7, 11) is 0. The van der Waals surface area contributed by atoms with Crippen LogP contribution in [0.5, 0.6) is 0 Å². The summed E-state index contributed by atoms with van der Waals surface area (Å²) in [6, 6.07) is 0. The molecule has 0 N–H and O–H groups in total. The first-order chi connectivity index (χ1) is 5.97. The number of hydrogen-bond donors (Lipinski definition) is 0. The van der Waals surface area contributed by atoms with E-state index in [0.717, 1.165) is 6.42 Å². The van der Waals surface area contributed by atoms with Crippen LogP contribution in [0, 0.1) is 5.92 Å². The van der Waals surface area contributed by atoms with E-state index in [4.69, 9.17) is 0 Å². The topological polar surface area (TPSA) is 0 Å². The minimum atomic E-state index is 0.539. The van der Waals surface area contributed by atoms with E-state index in [1.54, 1.807) is 0 Å². The van der Waals surface area contributed by atoms with Crippen LogP contribution >= 0.6 is 0 Å². The van der Waals surface area contributed by atoms with Crippen molar-refractivity contribution in [3.8, 4) is 0 Å². The van der Waals surface area contributed by atoms with Gasteiger partial charge in [0.2, 0.25) is 0 Å². The summed E-state index contributed by atoms with van der Waals surface area (Å²) >= 11 is 0. The second-order valence-electron chi connectivity index (χ2n) is 3.05. The fourth-order valence-corrected chi connectivity index (χ4v) is 1.52. The van der Waals surface area contributed by atoms with Crippen LogP contribution in [0.3, 0.4) is 0 Å². The molecule has 0 heterocycles. The third-order valence-electron chi connectivity index (χ3n) is 2.20. The minimum Gasteiger partial charge on any atom is -0.0804 e. The molecule has 12 heavy (non-hydrogen) atoms. The minimum absolute atomic E-state index is 0.539. The molecule has 2 aliphatic carbocycles. The molecular formula is C12H12. The van der Waals surface area contributed by atoms with Gasteiger partial charge in [0.1, 0.15) is 0 Å². The Morgan fingerprint density at radius 3 is 2.58 bits per heavy atom. The Labute approximate surface area is 73.3 Å². The van der Waals surface area contributed by atoms with Crippen molar-refractivity contribution in [2.75, 3.05) is 0 Å². The zero-order chi connectivity index (χ0) is 8.23. The summed E-state index contributed by atoms with van der Waals surface area (Å²) in [5.74, 6) is 0.539. The van der Waals surface area contributed by atoms with E-state index < -0.39 is 0 Å². The number of hydrogen-bond acceptors (Lipinski definition) is 0. The molecule has 0 bridgehead atoms. The van der Waals surface area contributed by atoms with E-state index in [-0.39, 0.29) is 0 Å². The van der Waals surface area contributed by atoms with Gasteiger partial charge in [0.15, 0.2) is 0 Å². The zero-order valence-corrected chi connectivity index (χ0v) is 6.98. The first kappa shape index (κ1) is 7.35. The highest BCUT2D eigenvalue weighted by Crippen LogP contribution is 2.23. The Balaban J connectivity index is 2.17. The van der Waals surface area contributed by atoms with Gasteiger partial charge in [0, 0.05) is 5.92 Å². The Bertz CT molecular complexity index is 286. The molecule has 0 heteroatoms. The van der Waals surface area contributed by atoms with Gasteiger partial charge in [0.25, 0.3) is 0 Å². The molecule has 0 saturated heterocycles. The van der Waals surface area contributed by atoms with Gasteiger partial charge in [-0.3, -0.25) is 0 Å². The third-order valence-corrected chi connectivity index (χ3v) is 2.20. The average molecular weight is 156 g/mol. The molecule has 2 aliphatic rings. The van der Waals surface area contributed by atoms with Crippen LogP contribution in [-0.2, 0) is 0 Å². The molecule has 0 aromatic carbocycles. The molecule has 0 unspecified atom stereocenters. The Hall–Kier alpha value is -1.30. The lowest BCUT2D eigenvalue weighted by Crippen LogP contribution is -1.93. The lowest BCUT2D eigenvalue weighted by atomic mass is 9.98. The fourth-order valence-electron chi connectivity index (χ4n) is 1.52. The van der Waals surface area contributed by atoms with Crippen LogP contribution < -0.4 is 0 Å². The molecule has 2 rings (SSSR count). The predicted molar refractivity (Wildman–Crippen MR) is 52.8 cm³/mol. The molecule has 0 atom stereocenters. The molecular weight excluding hydrogens is 144 g/mol. The van der Waals surface area contributed by atoms with Crippen LogP contribution in [0.15, 0.2) is 60.3 Å². The van der Waals surface area contributed by atoms with Crippen molar-refractivity contribution < 1.29 is 0 Å². The molecule has 0 aromatic heterocycles. The molecule has 0 aromatic rings. The zero-order valence-electron chi connectivity index (χ0n) is 6.98. The van der Waals surface area contributed by atoms with Crippen molar-refractivity contribution in [2.45, 2.75) is 6.42 Å². The van der Waals surface area contributed by atoms with Gasteiger partial charge in [-0.05, 0) is 6.42 Å². The Morgan fingerprint density at radius 2 is 1.75 bits per heavy atom. The molecule has 0 amide bonds. The van der Waals surface area contributed by atoms with Crippen molar-refractivity contribution in [3.63, 3.8) is 0 Å². The highest BCUT2D eigenvalue weighted by molar-refractivity contribution is 5.34. The van der Waals surface area contributed by atoms with Gasteiger partial charge >= 0.3 is 0 Å². The van der Waals surface area contributed by atoms with Crippen molar-refractivity contribution in [1.82, 2.24) is 0 Å². The van der Waals surface area contributed by atoms with Gasteiger partial charge in [-0.15, -0.1) is 0 Å². The van der Waals surface area contributed by atoms with Crippen molar-refractivity contribution in [1.29, 1.82) is 0 Å². The molecule has 0 radical (unpaired) electrons. The van der Waals surface area contributed by atoms with Crippen molar-refractivity contribution >= 4 is 0 Å². The van der Waals surface area contributed by atoms with Crippen LogP contribution in [0.1, 0.15) is 6.42 Å². The van der Waals surface area contributed by atoms with Crippen LogP contribution in [-0.4, -0.2) is 0 Å². The Morgan fingerprint density at radius 1 is 0.917 bits per heavy atom. The molecule has 0 aliphatic heterocycles. The van der Waals surface area contributed by atoms with Gasteiger partial charge in [-0.1, -0.05) is 60.3 Å². The van der Waals surface area contributed by atoms with Gasteiger partial charge in [0.05, 0.1) is 0 Å². The van der Waals surface area contributed by atoms with E-state index in [1.807, 2.05) is 0 Å². The SMILES string of the molecule is C1=CC=C(C2C=CC=C2)CC=C1. The molecule has 60 valence electrons. The standard InChI is InChI=1S/C12H12/c1-2-4-8-11(7-3-1)12-9-5-6-10-12/h1-7,9-10,12H,8H2. The molecule has 0 saturated carbocycles. The first-order valence-electron chi connectivity index (χ1n) is 4.34. The van der Waals surface area contributed by atoms with E-state index in [0.29, 0.717) is 5.92 Å². The predicted octanol–water partition coefficient (Wildman–Crippen LogP) is 3.17. The summed E-state index contributed by atoms with van der Waals surface area (Å²) in [6.45, 7) is 0. The first-order valence-corrected chi connectivity index (χ1v) is 4.34. The van der Waals surface area contributed by atoms with E-state index in [1.165, 1.54) is 5.57 Å². The summed E-state index contributed by atoms with van der Waals surface area (Å²) in [4.78, 5) is 0. The van der Waals surface area contributed by atoms with Gasteiger partial charge < -0.3 is 0 Å². The summed E-state index contributed by atoms with van der Waals surface area (Å²) in [6.07, 6.45) is 20.5. The smallest absolute Gasteiger partial charge is 0.0169 e. The maximum absolute atomic E-state index is 2.23. The summed E-state index contributed by atoms with van der Waals surface area (Å²) in [5, 5.41) is 0. The third kappa shape index (κ3) is 1.48. The molecule has 0 spiro atoms. The monoisotopic (exact) mass is 156 g/mol. The lowest BCUT2D eigenvalue weighted by molar-refractivity contribution is 0.937. The largest absolute Gasteiger partial charge is 0.0804 e. The normalized spacial score (nSPS) is 21.5. The molecule has 0 fully saturated rings. The highest BCUT2D eigenvalue weighted by Gasteiger charge is 2.08. The summed E-state index contributed by atoms with van der Waals surface area (Å²) < 4.78 is 0. The van der Waals surface area contributed by atoms with Crippen molar-refractivity contribution in [2.24, 2.45) is 5.92 Å². The maximum atomic E-state index is 2.23. The second kappa shape index (κ2) is 3.40. The lowest BCUT2D eigenvalue weighted by Gasteiger charge is -2.07.